The van der Waals surface area contributed by atoms with Crippen molar-refractivity contribution in [3.8, 4) is 10.6 Å². The second kappa shape index (κ2) is 10.9. The van der Waals surface area contributed by atoms with Crippen molar-refractivity contribution in [1.29, 1.82) is 0 Å². The van der Waals surface area contributed by atoms with Crippen molar-refractivity contribution in [3.05, 3.63) is 63.8 Å². The Labute approximate surface area is 204 Å². The summed E-state index contributed by atoms with van der Waals surface area (Å²) >= 11 is 3.49. The molecular formula is C26H32N4OS2. The Bertz CT molecular complexity index is 1000. The third kappa shape index (κ3) is 6.09. The average molecular weight is 481 g/mol. The van der Waals surface area contributed by atoms with Crippen molar-refractivity contribution in [1.82, 2.24) is 19.7 Å². The number of nitrogens with zero attached hydrogens (tertiary/aromatic N) is 4. The van der Waals surface area contributed by atoms with Crippen molar-refractivity contribution in [2.24, 2.45) is 5.92 Å². The van der Waals surface area contributed by atoms with Gasteiger partial charge in [0.1, 0.15) is 5.01 Å². The predicted molar refractivity (Wildman–Crippen MR) is 137 cm³/mol. The Kier molecular flexibility index (Phi) is 7.51. The summed E-state index contributed by atoms with van der Waals surface area (Å²) in [6.45, 7) is 7.21. The minimum Gasteiger partial charge on any atom is -0.342 e. The van der Waals surface area contributed by atoms with Gasteiger partial charge in [0.15, 0.2) is 0 Å². The van der Waals surface area contributed by atoms with Crippen LogP contribution in [0.25, 0.3) is 10.6 Å². The number of amides is 1. The number of thiophene rings is 1. The normalized spacial score (nSPS) is 18.6. The van der Waals surface area contributed by atoms with Crippen LogP contribution in [0.15, 0.2) is 53.2 Å². The molecule has 3 aromatic rings. The van der Waals surface area contributed by atoms with Crippen LogP contribution >= 0.6 is 22.7 Å². The SMILES string of the molecule is O=C(CN1CCN(Cc2nc(-c3cccs3)cs2)CC1)N1CCC(Cc2ccccc2)CC1. The maximum Gasteiger partial charge on any atom is 0.236 e. The third-order valence-electron chi connectivity index (χ3n) is 6.84. The summed E-state index contributed by atoms with van der Waals surface area (Å²) in [7, 11) is 0. The lowest BCUT2D eigenvalue weighted by Gasteiger charge is -2.37. The van der Waals surface area contributed by atoms with Gasteiger partial charge < -0.3 is 4.90 Å². The zero-order valence-electron chi connectivity index (χ0n) is 19.1. The quantitative estimate of drug-likeness (QED) is 0.500. The van der Waals surface area contributed by atoms with E-state index in [0.29, 0.717) is 18.4 Å². The van der Waals surface area contributed by atoms with Crippen LogP contribution in [-0.2, 0) is 17.8 Å². The molecule has 2 aromatic heterocycles. The van der Waals surface area contributed by atoms with Gasteiger partial charge in [0.25, 0.3) is 0 Å². The third-order valence-corrected chi connectivity index (χ3v) is 8.57. The van der Waals surface area contributed by atoms with Crippen molar-refractivity contribution in [2.45, 2.75) is 25.8 Å². The largest absolute Gasteiger partial charge is 0.342 e. The van der Waals surface area contributed by atoms with E-state index in [4.69, 9.17) is 4.98 Å². The fraction of sp³-hybridized carbons (Fsp3) is 0.462. The zero-order valence-corrected chi connectivity index (χ0v) is 20.7. The van der Waals surface area contributed by atoms with E-state index in [0.717, 1.165) is 70.8 Å². The molecule has 1 amide bonds. The zero-order chi connectivity index (χ0) is 22.5. The van der Waals surface area contributed by atoms with Gasteiger partial charge in [-0.15, -0.1) is 22.7 Å². The van der Waals surface area contributed by atoms with Crippen LogP contribution < -0.4 is 0 Å². The molecule has 0 N–H and O–H groups in total. The monoisotopic (exact) mass is 480 g/mol. The summed E-state index contributed by atoms with van der Waals surface area (Å²) < 4.78 is 0. The number of hydrogen-bond acceptors (Lipinski definition) is 6. The van der Waals surface area contributed by atoms with Crippen molar-refractivity contribution >= 4 is 28.6 Å². The summed E-state index contributed by atoms with van der Waals surface area (Å²) in [5.74, 6) is 1.01. The van der Waals surface area contributed by atoms with Gasteiger partial charge in [-0.05, 0) is 42.2 Å². The molecule has 2 aliphatic heterocycles. The Morgan fingerprint density at radius 2 is 1.67 bits per heavy atom. The summed E-state index contributed by atoms with van der Waals surface area (Å²) in [5.41, 5.74) is 2.52. The first-order valence-electron chi connectivity index (χ1n) is 12.0. The van der Waals surface area contributed by atoms with E-state index >= 15 is 0 Å². The first kappa shape index (κ1) is 22.7. The van der Waals surface area contributed by atoms with Crippen LogP contribution in [0.1, 0.15) is 23.4 Å². The molecule has 0 spiro atoms. The lowest BCUT2D eigenvalue weighted by atomic mass is 9.90. The number of benzene rings is 1. The molecule has 174 valence electrons. The molecule has 0 atom stereocenters. The van der Waals surface area contributed by atoms with Gasteiger partial charge in [0.05, 0.1) is 23.7 Å². The smallest absolute Gasteiger partial charge is 0.236 e. The highest BCUT2D eigenvalue weighted by Gasteiger charge is 2.26. The van der Waals surface area contributed by atoms with Crippen LogP contribution in [0.2, 0.25) is 0 Å². The van der Waals surface area contributed by atoms with E-state index in [1.807, 2.05) is 0 Å². The molecule has 0 radical (unpaired) electrons. The van der Waals surface area contributed by atoms with Gasteiger partial charge >= 0.3 is 0 Å². The van der Waals surface area contributed by atoms with Gasteiger partial charge in [-0.3, -0.25) is 14.6 Å². The molecule has 0 aliphatic carbocycles. The first-order valence-corrected chi connectivity index (χ1v) is 13.7. The average Bonchev–Trinajstić information content (AvgIpc) is 3.54. The number of hydrogen-bond donors (Lipinski definition) is 0. The molecule has 2 aliphatic rings. The van der Waals surface area contributed by atoms with Crippen molar-refractivity contribution in [2.75, 3.05) is 45.8 Å². The minimum atomic E-state index is 0.308. The Balaban J connectivity index is 1.02. The number of piperidine rings is 1. The maximum absolute atomic E-state index is 12.9. The summed E-state index contributed by atoms with van der Waals surface area (Å²) in [6.07, 6.45) is 3.38. The lowest BCUT2D eigenvalue weighted by molar-refractivity contribution is -0.134. The molecule has 7 heteroatoms. The number of aromatic nitrogens is 1. The van der Waals surface area contributed by atoms with Gasteiger partial charge in [0, 0.05) is 44.6 Å². The van der Waals surface area contributed by atoms with E-state index in [1.165, 1.54) is 15.4 Å². The molecule has 0 bridgehead atoms. The van der Waals surface area contributed by atoms with Gasteiger partial charge in [-0.2, -0.15) is 0 Å². The molecule has 1 aromatic carbocycles. The molecule has 0 saturated carbocycles. The summed E-state index contributed by atoms with van der Waals surface area (Å²) in [4.78, 5) is 25.8. The van der Waals surface area contributed by atoms with E-state index in [2.05, 4.69) is 67.9 Å². The lowest BCUT2D eigenvalue weighted by Crippen LogP contribution is -2.50. The number of rotatable bonds is 7. The Morgan fingerprint density at radius 1 is 0.909 bits per heavy atom. The van der Waals surface area contributed by atoms with Crippen molar-refractivity contribution < 1.29 is 4.79 Å². The summed E-state index contributed by atoms with van der Waals surface area (Å²) in [5, 5.41) is 5.45. The van der Waals surface area contributed by atoms with E-state index in [9.17, 15) is 4.79 Å². The standard InChI is InChI=1S/C26H32N4OS2/c31-26(30-10-8-22(9-11-30)17-21-5-2-1-3-6-21)19-29-14-12-28(13-15-29)18-25-27-23(20-33-25)24-7-4-16-32-24/h1-7,16,20,22H,8-15,17-19H2. The molecule has 4 heterocycles. The Morgan fingerprint density at radius 3 is 2.39 bits per heavy atom. The highest BCUT2D eigenvalue weighted by Crippen LogP contribution is 2.27. The number of likely N-dealkylation sites (tertiary alicyclic amines) is 1. The van der Waals surface area contributed by atoms with Crippen LogP contribution in [0.4, 0.5) is 0 Å². The van der Waals surface area contributed by atoms with Crippen LogP contribution in [-0.4, -0.2) is 71.4 Å². The molecule has 5 rings (SSSR count). The molecule has 33 heavy (non-hydrogen) atoms. The second-order valence-electron chi connectivity index (χ2n) is 9.17. The molecule has 0 unspecified atom stereocenters. The van der Waals surface area contributed by atoms with Gasteiger partial charge in [-0.1, -0.05) is 36.4 Å². The highest BCUT2D eigenvalue weighted by molar-refractivity contribution is 7.14. The first-order chi connectivity index (χ1) is 16.2. The molecular weight excluding hydrogens is 448 g/mol. The van der Waals surface area contributed by atoms with Gasteiger partial charge in [0.2, 0.25) is 5.91 Å². The van der Waals surface area contributed by atoms with Crippen LogP contribution in [0, 0.1) is 5.92 Å². The van der Waals surface area contributed by atoms with Gasteiger partial charge in [-0.25, -0.2) is 4.98 Å². The summed E-state index contributed by atoms with van der Waals surface area (Å²) in [6, 6.07) is 15.0. The molecule has 2 fully saturated rings. The topological polar surface area (TPSA) is 39.7 Å². The number of thiazole rings is 1. The van der Waals surface area contributed by atoms with Crippen LogP contribution in [0.5, 0.6) is 0 Å². The number of carbonyl (C=O) groups is 1. The fourth-order valence-electron chi connectivity index (χ4n) is 4.84. The Hall–Kier alpha value is -2.06. The highest BCUT2D eigenvalue weighted by atomic mass is 32.1. The fourth-order valence-corrected chi connectivity index (χ4v) is 6.44. The van der Waals surface area contributed by atoms with E-state index in [1.54, 1.807) is 22.7 Å². The maximum atomic E-state index is 12.9. The van der Waals surface area contributed by atoms with E-state index in [-0.39, 0.29) is 0 Å². The molecule has 5 nitrogen and oxygen atoms in total. The van der Waals surface area contributed by atoms with Crippen LogP contribution in [0.3, 0.4) is 0 Å². The molecule has 2 saturated heterocycles. The number of carbonyl (C=O) groups excluding carboxylic acids is 1. The minimum absolute atomic E-state index is 0.308. The second-order valence-corrected chi connectivity index (χ2v) is 11.1. The van der Waals surface area contributed by atoms with E-state index < -0.39 is 0 Å². The van der Waals surface area contributed by atoms with Crippen molar-refractivity contribution in [3.63, 3.8) is 0 Å². The number of piperazine rings is 1. The predicted octanol–water partition coefficient (Wildman–Crippen LogP) is 4.47.